The van der Waals surface area contributed by atoms with E-state index in [1.54, 1.807) is 63.2 Å². The highest BCUT2D eigenvalue weighted by molar-refractivity contribution is 5.98. The standard InChI is InChI=1S/C23H29N3O6/c1-23(2,3)32-22(30)24-14-19(28)26(4)20(17-8-6-7-9-18(17)27)21(29)25-15-10-12-16(31-5)13-11-15/h6-13,20,27H,14H2,1-5H3,(H,24,30)(H,25,29). The van der Waals surface area contributed by atoms with Gasteiger partial charge in [-0.1, -0.05) is 18.2 Å². The van der Waals surface area contributed by atoms with E-state index in [-0.39, 0.29) is 17.9 Å². The maximum atomic E-state index is 13.1. The summed E-state index contributed by atoms with van der Waals surface area (Å²) in [7, 11) is 2.96. The molecule has 32 heavy (non-hydrogen) atoms. The molecule has 0 saturated carbocycles. The van der Waals surface area contributed by atoms with Crippen molar-refractivity contribution in [1.82, 2.24) is 10.2 Å². The van der Waals surface area contributed by atoms with Crippen LogP contribution in [0.2, 0.25) is 0 Å². The van der Waals surface area contributed by atoms with Gasteiger partial charge in [-0.3, -0.25) is 9.59 Å². The Labute approximate surface area is 187 Å². The maximum Gasteiger partial charge on any atom is 0.408 e. The van der Waals surface area contributed by atoms with E-state index in [0.717, 1.165) is 4.90 Å². The van der Waals surface area contributed by atoms with Gasteiger partial charge in [0.25, 0.3) is 5.91 Å². The van der Waals surface area contributed by atoms with Crippen molar-refractivity contribution in [2.24, 2.45) is 0 Å². The average molecular weight is 444 g/mol. The molecule has 0 fully saturated rings. The normalized spacial score (nSPS) is 11.8. The summed E-state index contributed by atoms with van der Waals surface area (Å²) in [6.45, 7) is 4.74. The minimum atomic E-state index is -1.15. The zero-order chi connectivity index (χ0) is 23.9. The van der Waals surface area contributed by atoms with E-state index >= 15 is 0 Å². The highest BCUT2D eigenvalue weighted by Gasteiger charge is 2.31. The number of ether oxygens (including phenoxy) is 2. The molecule has 2 aromatic rings. The first kappa shape index (κ1) is 24.5. The largest absolute Gasteiger partial charge is 0.508 e. The molecular formula is C23H29N3O6. The van der Waals surface area contributed by atoms with Crippen LogP contribution in [0.15, 0.2) is 48.5 Å². The fourth-order valence-corrected chi connectivity index (χ4v) is 2.86. The van der Waals surface area contributed by atoms with Gasteiger partial charge in [0.15, 0.2) is 0 Å². The molecule has 172 valence electrons. The van der Waals surface area contributed by atoms with Crippen LogP contribution in [-0.2, 0) is 14.3 Å². The van der Waals surface area contributed by atoms with Crippen molar-refractivity contribution in [1.29, 1.82) is 0 Å². The third kappa shape index (κ3) is 6.90. The first-order valence-electron chi connectivity index (χ1n) is 9.97. The molecular weight excluding hydrogens is 414 g/mol. The lowest BCUT2D eigenvalue weighted by atomic mass is 10.0. The van der Waals surface area contributed by atoms with Crippen molar-refractivity contribution >= 4 is 23.6 Å². The molecule has 2 aromatic carbocycles. The summed E-state index contributed by atoms with van der Waals surface area (Å²) in [6, 6.07) is 11.8. The fourth-order valence-electron chi connectivity index (χ4n) is 2.86. The van der Waals surface area contributed by atoms with Gasteiger partial charge in [0, 0.05) is 18.3 Å². The molecule has 0 aromatic heterocycles. The number of carbonyl (C=O) groups is 3. The summed E-state index contributed by atoms with van der Waals surface area (Å²) in [4.78, 5) is 38.9. The molecule has 9 heteroatoms. The zero-order valence-electron chi connectivity index (χ0n) is 18.8. The van der Waals surface area contributed by atoms with Crippen molar-refractivity contribution in [3.63, 3.8) is 0 Å². The summed E-state index contributed by atoms with van der Waals surface area (Å²) in [5.74, 6) is -0.596. The molecule has 0 saturated heterocycles. The van der Waals surface area contributed by atoms with E-state index in [4.69, 9.17) is 9.47 Å². The van der Waals surface area contributed by atoms with E-state index in [0.29, 0.717) is 11.4 Å². The van der Waals surface area contributed by atoms with Crippen molar-refractivity contribution < 1.29 is 29.0 Å². The molecule has 2 rings (SSSR count). The number of amides is 3. The van der Waals surface area contributed by atoms with Crippen molar-refractivity contribution in [2.45, 2.75) is 32.4 Å². The number of anilines is 1. The van der Waals surface area contributed by atoms with Crippen LogP contribution >= 0.6 is 0 Å². The van der Waals surface area contributed by atoms with Crippen molar-refractivity contribution in [2.75, 3.05) is 26.0 Å². The Morgan fingerprint density at radius 1 is 1.06 bits per heavy atom. The highest BCUT2D eigenvalue weighted by Crippen LogP contribution is 2.29. The third-order valence-corrected chi connectivity index (χ3v) is 4.40. The molecule has 3 amide bonds. The quantitative estimate of drug-likeness (QED) is 0.606. The highest BCUT2D eigenvalue weighted by atomic mass is 16.6. The van der Waals surface area contributed by atoms with Crippen LogP contribution in [0.1, 0.15) is 32.4 Å². The summed E-state index contributed by atoms with van der Waals surface area (Å²) in [5, 5.41) is 15.4. The average Bonchev–Trinajstić information content (AvgIpc) is 2.72. The number of likely N-dealkylation sites (N-methyl/N-ethyl adjacent to an activating group) is 1. The van der Waals surface area contributed by atoms with Gasteiger partial charge in [-0.2, -0.15) is 0 Å². The smallest absolute Gasteiger partial charge is 0.408 e. The second-order valence-electron chi connectivity index (χ2n) is 8.04. The van der Waals surface area contributed by atoms with Crippen LogP contribution in [0.3, 0.4) is 0 Å². The number of para-hydroxylation sites is 1. The molecule has 3 N–H and O–H groups in total. The van der Waals surface area contributed by atoms with Crippen LogP contribution in [0.25, 0.3) is 0 Å². The molecule has 1 atom stereocenters. The monoisotopic (exact) mass is 443 g/mol. The number of phenolic OH excluding ortho intramolecular Hbond substituents is 1. The molecule has 0 spiro atoms. The topological polar surface area (TPSA) is 117 Å². The fraction of sp³-hybridized carbons (Fsp3) is 0.348. The van der Waals surface area contributed by atoms with Gasteiger partial charge in [-0.25, -0.2) is 4.79 Å². The molecule has 0 radical (unpaired) electrons. The third-order valence-electron chi connectivity index (χ3n) is 4.40. The number of benzene rings is 2. The van der Waals surface area contributed by atoms with Gasteiger partial charge in [0.2, 0.25) is 5.91 Å². The van der Waals surface area contributed by atoms with Crippen LogP contribution in [0.4, 0.5) is 10.5 Å². The SMILES string of the molecule is COc1ccc(NC(=O)C(c2ccccc2O)N(C)C(=O)CNC(=O)OC(C)(C)C)cc1. The van der Waals surface area contributed by atoms with E-state index in [1.165, 1.54) is 20.2 Å². The predicted molar refractivity (Wildman–Crippen MR) is 119 cm³/mol. The minimum absolute atomic E-state index is 0.137. The molecule has 0 aliphatic rings. The number of hydrogen-bond acceptors (Lipinski definition) is 6. The van der Waals surface area contributed by atoms with Gasteiger partial charge in [0.05, 0.1) is 7.11 Å². The number of nitrogens with one attached hydrogen (secondary N) is 2. The molecule has 0 bridgehead atoms. The Bertz CT molecular complexity index is 953. The van der Waals surface area contributed by atoms with E-state index in [1.807, 2.05) is 0 Å². The number of carbonyl (C=O) groups excluding carboxylic acids is 3. The number of alkyl carbamates (subject to hydrolysis) is 1. The lowest BCUT2D eigenvalue weighted by Crippen LogP contribution is -2.44. The zero-order valence-corrected chi connectivity index (χ0v) is 18.8. The molecule has 9 nitrogen and oxygen atoms in total. The number of rotatable bonds is 7. The lowest BCUT2D eigenvalue weighted by Gasteiger charge is -2.28. The first-order chi connectivity index (χ1) is 15.0. The first-order valence-corrected chi connectivity index (χ1v) is 9.97. The minimum Gasteiger partial charge on any atom is -0.508 e. The molecule has 0 heterocycles. The van der Waals surface area contributed by atoms with Crippen LogP contribution in [0, 0.1) is 0 Å². The Morgan fingerprint density at radius 2 is 1.69 bits per heavy atom. The summed E-state index contributed by atoms with van der Waals surface area (Å²) in [6.07, 6.45) is -0.749. The molecule has 1 unspecified atom stereocenters. The number of phenols is 1. The Morgan fingerprint density at radius 3 is 2.25 bits per heavy atom. The number of methoxy groups -OCH3 is 1. The maximum absolute atomic E-state index is 13.1. The van der Waals surface area contributed by atoms with Crippen LogP contribution in [0.5, 0.6) is 11.5 Å². The number of aromatic hydroxyl groups is 1. The van der Waals surface area contributed by atoms with Gasteiger partial charge in [-0.05, 0) is 51.1 Å². The summed E-state index contributed by atoms with van der Waals surface area (Å²) in [5.41, 5.74) is 0.0194. The van der Waals surface area contributed by atoms with Gasteiger partial charge < -0.3 is 30.1 Å². The van der Waals surface area contributed by atoms with Gasteiger partial charge in [-0.15, -0.1) is 0 Å². The summed E-state index contributed by atoms with van der Waals surface area (Å²) < 4.78 is 10.2. The Balaban J connectivity index is 2.20. The lowest BCUT2D eigenvalue weighted by molar-refractivity contribution is -0.136. The van der Waals surface area contributed by atoms with Crippen LogP contribution in [-0.4, -0.2) is 54.2 Å². The number of hydrogen-bond donors (Lipinski definition) is 3. The van der Waals surface area contributed by atoms with Crippen LogP contribution < -0.4 is 15.4 Å². The van der Waals surface area contributed by atoms with Crippen molar-refractivity contribution in [3.8, 4) is 11.5 Å². The molecule has 0 aliphatic carbocycles. The number of nitrogens with zero attached hydrogens (tertiary/aromatic N) is 1. The molecule has 0 aliphatic heterocycles. The predicted octanol–water partition coefficient (Wildman–Crippen LogP) is 3.06. The summed E-state index contributed by atoms with van der Waals surface area (Å²) >= 11 is 0. The Kier molecular flexibility index (Phi) is 8.06. The van der Waals surface area contributed by atoms with Gasteiger partial charge in [0.1, 0.15) is 29.7 Å². The Hall–Kier alpha value is -3.75. The van der Waals surface area contributed by atoms with E-state index in [9.17, 15) is 19.5 Å². The van der Waals surface area contributed by atoms with Gasteiger partial charge >= 0.3 is 6.09 Å². The second kappa shape index (κ2) is 10.5. The van der Waals surface area contributed by atoms with E-state index < -0.39 is 29.6 Å². The van der Waals surface area contributed by atoms with Crippen molar-refractivity contribution in [3.05, 3.63) is 54.1 Å². The second-order valence-corrected chi connectivity index (χ2v) is 8.04. The van der Waals surface area contributed by atoms with E-state index in [2.05, 4.69) is 10.6 Å².